The average Bonchev–Trinajstić information content (AvgIpc) is 2.71. The number of hydrogen-bond acceptors (Lipinski definition) is 3. The van der Waals surface area contributed by atoms with Crippen molar-refractivity contribution in [3.8, 4) is 0 Å². The fourth-order valence-corrected chi connectivity index (χ4v) is 2.81. The van der Waals surface area contributed by atoms with Gasteiger partial charge in [-0.05, 0) is 39.5 Å². The third-order valence-electron chi connectivity index (χ3n) is 3.75. The largest absolute Gasteiger partial charge is 0.338 e. The van der Waals surface area contributed by atoms with Crippen LogP contribution in [0.25, 0.3) is 0 Å². The maximum atomic E-state index is 12.4. The first-order valence-corrected chi connectivity index (χ1v) is 8.71. The molecule has 1 rings (SSSR count). The van der Waals surface area contributed by atoms with Crippen LogP contribution in [0.1, 0.15) is 39.5 Å². The molecule has 4 nitrogen and oxygen atoms in total. The molecule has 1 unspecified atom stereocenters. The Hall–Kier alpha value is -0.290. The van der Waals surface area contributed by atoms with Gasteiger partial charge in [0, 0.05) is 24.7 Å². The maximum absolute atomic E-state index is 12.4. The van der Waals surface area contributed by atoms with E-state index in [1.807, 2.05) is 0 Å². The number of hydrogen-bond donors (Lipinski definition) is 0. The molecular weight excluding hydrogens is 274 g/mol. The summed E-state index contributed by atoms with van der Waals surface area (Å²) in [7, 11) is -3.40. The Balaban J connectivity index is 2.83. The van der Waals surface area contributed by atoms with E-state index in [0.717, 1.165) is 31.9 Å². The molecule has 0 aliphatic carbocycles. The molecule has 0 N–H and O–H groups in total. The molecule has 1 saturated heterocycles. The lowest BCUT2D eigenvalue weighted by atomic mass is 10.1. The van der Waals surface area contributed by atoms with Crippen LogP contribution >= 0.6 is 11.6 Å². The quantitative estimate of drug-likeness (QED) is 0.727. The lowest BCUT2D eigenvalue weighted by Gasteiger charge is -2.32. The van der Waals surface area contributed by atoms with E-state index in [1.54, 1.807) is 4.90 Å². The normalized spacial score (nSPS) is 21.3. The smallest absolute Gasteiger partial charge is 0.243 e. The Morgan fingerprint density at radius 1 is 1.44 bits per heavy atom. The second-order valence-electron chi connectivity index (χ2n) is 5.41. The van der Waals surface area contributed by atoms with Gasteiger partial charge in [0.05, 0.1) is 0 Å². The minimum absolute atomic E-state index is 0.150. The van der Waals surface area contributed by atoms with Gasteiger partial charge in [0.1, 0.15) is 4.75 Å². The van der Waals surface area contributed by atoms with E-state index >= 15 is 0 Å². The third kappa shape index (κ3) is 3.18. The highest BCUT2D eigenvalue weighted by molar-refractivity contribution is 7.92. The molecule has 0 saturated carbocycles. The molecule has 18 heavy (non-hydrogen) atoms. The summed E-state index contributed by atoms with van der Waals surface area (Å²) in [5.41, 5.74) is 0. The highest BCUT2D eigenvalue weighted by atomic mass is 35.5. The minimum Gasteiger partial charge on any atom is -0.338 e. The van der Waals surface area contributed by atoms with Gasteiger partial charge in [0.15, 0.2) is 9.84 Å². The molecule has 0 radical (unpaired) electrons. The monoisotopic (exact) mass is 295 g/mol. The standard InChI is InChI=1S/C12H22ClNO3S/c1-12(2,18(3,16)17)11(15)14-9-5-7-10(14)6-4-8-13/h10H,4-9H2,1-3H3. The Kier molecular flexibility index (Phi) is 5.06. The Bertz CT molecular complexity index is 406. The summed E-state index contributed by atoms with van der Waals surface area (Å²) >= 11 is 5.67. The molecule has 0 spiro atoms. The second-order valence-corrected chi connectivity index (χ2v) is 8.35. The highest BCUT2D eigenvalue weighted by Crippen LogP contribution is 2.27. The summed E-state index contributed by atoms with van der Waals surface area (Å²) in [5.74, 6) is 0.302. The van der Waals surface area contributed by atoms with Gasteiger partial charge in [-0.2, -0.15) is 0 Å². The average molecular weight is 296 g/mol. The van der Waals surface area contributed by atoms with Crippen LogP contribution in [0, 0.1) is 0 Å². The van der Waals surface area contributed by atoms with E-state index < -0.39 is 14.6 Å². The number of carbonyl (C=O) groups is 1. The number of nitrogens with zero attached hydrogens (tertiary/aromatic N) is 1. The number of rotatable bonds is 5. The van der Waals surface area contributed by atoms with Crippen LogP contribution in [0.5, 0.6) is 0 Å². The summed E-state index contributed by atoms with van der Waals surface area (Å²) in [5, 5.41) is 0. The lowest BCUT2D eigenvalue weighted by Crippen LogP contribution is -2.51. The van der Waals surface area contributed by atoms with Gasteiger partial charge in [-0.25, -0.2) is 8.42 Å². The van der Waals surface area contributed by atoms with E-state index in [2.05, 4.69) is 0 Å². The van der Waals surface area contributed by atoms with Gasteiger partial charge in [-0.1, -0.05) is 0 Å². The van der Waals surface area contributed by atoms with E-state index in [9.17, 15) is 13.2 Å². The Labute approximate surface area is 115 Å². The van der Waals surface area contributed by atoms with Gasteiger partial charge in [0.25, 0.3) is 0 Å². The van der Waals surface area contributed by atoms with Gasteiger partial charge >= 0.3 is 0 Å². The van der Waals surface area contributed by atoms with Crippen LogP contribution in [0.3, 0.4) is 0 Å². The molecule has 0 aromatic heterocycles. The van der Waals surface area contributed by atoms with Crippen molar-refractivity contribution in [3.05, 3.63) is 0 Å². The van der Waals surface area contributed by atoms with Crippen LogP contribution in [0.4, 0.5) is 0 Å². The lowest BCUT2D eigenvalue weighted by molar-refractivity contribution is -0.134. The van der Waals surface area contributed by atoms with E-state index in [0.29, 0.717) is 12.4 Å². The molecule has 0 bridgehead atoms. The zero-order chi connectivity index (χ0) is 14.0. The number of carbonyl (C=O) groups excluding carboxylic acids is 1. The molecule has 1 aliphatic heterocycles. The van der Waals surface area contributed by atoms with Gasteiger partial charge in [-0.3, -0.25) is 4.79 Å². The Morgan fingerprint density at radius 2 is 2.06 bits per heavy atom. The second kappa shape index (κ2) is 5.78. The molecule has 1 heterocycles. The van der Waals surface area contributed by atoms with Crippen LogP contribution in [0.2, 0.25) is 0 Å². The van der Waals surface area contributed by atoms with Crippen molar-refractivity contribution >= 4 is 27.3 Å². The number of likely N-dealkylation sites (tertiary alicyclic amines) is 1. The fourth-order valence-electron chi connectivity index (χ4n) is 2.22. The molecule has 106 valence electrons. The zero-order valence-electron chi connectivity index (χ0n) is 11.3. The summed E-state index contributed by atoms with van der Waals surface area (Å²) in [6.45, 7) is 3.63. The van der Waals surface area contributed by atoms with Gasteiger partial charge < -0.3 is 4.90 Å². The number of halogens is 1. The van der Waals surface area contributed by atoms with Crippen molar-refractivity contribution in [2.75, 3.05) is 18.7 Å². The van der Waals surface area contributed by atoms with Crippen molar-refractivity contribution in [1.82, 2.24) is 4.90 Å². The SMILES string of the molecule is CC(C)(C(=O)N1CCCC1CCCCl)S(C)(=O)=O. The summed E-state index contributed by atoms with van der Waals surface area (Å²) in [6, 6.07) is 0.150. The minimum atomic E-state index is -3.40. The first-order chi connectivity index (χ1) is 8.21. The fraction of sp³-hybridized carbons (Fsp3) is 0.917. The van der Waals surface area contributed by atoms with Crippen LogP contribution in [-0.2, 0) is 14.6 Å². The van der Waals surface area contributed by atoms with Crippen LogP contribution < -0.4 is 0 Å². The van der Waals surface area contributed by atoms with Gasteiger partial charge in [-0.15, -0.1) is 11.6 Å². The predicted molar refractivity (Wildman–Crippen MR) is 73.6 cm³/mol. The Morgan fingerprint density at radius 3 is 2.56 bits per heavy atom. The molecular formula is C12H22ClNO3S. The molecule has 6 heteroatoms. The summed E-state index contributed by atoms with van der Waals surface area (Å²) in [4.78, 5) is 14.1. The predicted octanol–water partition coefficient (Wildman–Crippen LogP) is 1.82. The van der Waals surface area contributed by atoms with E-state index in [-0.39, 0.29) is 11.9 Å². The van der Waals surface area contributed by atoms with Crippen molar-refractivity contribution in [2.45, 2.75) is 50.3 Å². The zero-order valence-corrected chi connectivity index (χ0v) is 12.9. The highest BCUT2D eigenvalue weighted by Gasteiger charge is 2.44. The topological polar surface area (TPSA) is 54.5 Å². The molecule has 1 aliphatic rings. The van der Waals surface area contributed by atoms with Crippen molar-refractivity contribution < 1.29 is 13.2 Å². The molecule has 0 aromatic rings. The first kappa shape index (κ1) is 15.8. The number of sulfone groups is 1. The van der Waals surface area contributed by atoms with Gasteiger partial charge in [0.2, 0.25) is 5.91 Å². The van der Waals surface area contributed by atoms with E-state index in [4.69, 9.17) is 11.6 Å². The molecule has 1 amide bonds. The van der Waals surface area contributed by atoms with Crippen LogP contribution in [0.15, 0.2) is 0 Å². The maximum Gasteiger partial charge on any atom is 0.243 e. The van der Waals surface area contributed by atoms with E-state index in [1.165, 1.54) is 13.8 Å². The van der Waals surface area contributed by atoms with Crippen molar-refractivity contribution in [3.63, 3.8) is 0 Å². The number of alkyl halides is 1. The molecule has 1 atom stereocenters. The van der Waals surface area contributed by atoms with Crippen molar-refractivity contribution in [1.29, 1.82) is 0 Å². The first-order valence-electron chi connectivity index (χ1n) is 6.28. The van der Waals surface area contributed by atoms with Crippen LogP contribution in [-0.4, -0.2) is 48.7 Å². The van der Waals surface area contributed by atoms with Crippen molar-refractivity contribution in [2.24, 2.45) is 0 Å². The molecule has 0 aromatic carbocycles. The third-order valence-corrected chi connectivity index (χ3v) is 6.05. The molecule has 1 fully saturated rings. The summed E-state index contributed by atoms with van der Waals surface area (Å²) in [6.07, 6.45) is 4.72. The number of amides is 1. The summed E-state index contributed by atoms with van der Waals surface area (Å²) < 4.78 is 22.1.